The first kappa shape index (κ1) is 13.4. The maximum atomic E-state index is 2.34. The topological polar surface area (TPSA) is 3.24 Å². The van der Waals surface area contributed by atoms with Crippen LogP contribution >= 0.6 is 0 Å². The number of benzene rings is 3. The number of nitrogens with zero attached hydrogens (tertiary/aromatic N) is 1. The minimum atomic E-state index is 1.09. The fourth-order valence-corrected chi connectivity index (χ4v) is 3.72. The molecule has 3 aromatic carbocycles. The number of hydrogen-bond donors (Lipinski definition) is 0. The molecule has 0 N–H and O–H groups in total. The second kappa shape index (κ2) is 5.17. The summed E-state index contributed by atoms with van der Waals surface area (Å²) in [5, 5.41) is 5.52. The summed E-state index contributed by atoms with van der Waals surface area (Å²) < 4.78 is 0. The van der Waals surface area contributed by atoms with Crippen LogP contribution in [0.25, 0.3) is 21.5 Å². The summed E-state index contributed by atoms with van der Waals surface area (Å²) >= 11 is 0. The van der Waals surface area contributed by atoms with Crippen LogP contribution in [0.5, 0.6) is 0 Å². The first-order valence-electron chi connectivity index (χ1n) is 8.00. The van der Waals surface area contributed by atoms with Gasteiger partial charge in [-0.15, -0.1) is 0 Å². The van der Waals surface area contributed by atoms with Crippen molar-refractivity contribution in [1.82, 2.24) is 4.90 Å². The molecule has 0 bridgehead atoms. The lowest BCUT2D eigenvalue weighted by atomic mass is 9.84. The molecule has 0 saturated heterocycles. The van der Waals surface area contributed by atoms with E-state index >= 15 is 0 Å². The summed E-state index contributed by atoms with van der Waals surface area (Å²) in [4.78, 5) is 2.17. The van der Waals surface area contributed by atoms with Crippen molar-refractivity contribution in [2.45, 2.75) is 19.3 Å². The SMILES string of the molecule is CN(C)/C=C1/CCc2ccc3c(ccc4ccccc43)c2C1. The summed E-state index contributed by atoms with van der Waals surface area (Å²) in [7, 11) is 4.22. The average Bonchev–Trinajstić information content (AvgIpc) is 2.53. The maximum absolute atomic E-state index is 2.34. The molecule has 110 valence electrons. The Morgan fingerprint density at radius 3 is 2.50 bits per heavy atom. The highest BCUT2D eigenvalue weighted by molar-refractivity contribution is 6.08. The fraction of sp³-hybridized carbons (Fsp3) is 0.238. The van der Waals surface area contributed by atoms with Gasteiger partial charge in [-0.3, -0.25) is 0 Å². The van der Waals surface area contributed by atoms with Gasteiger partial charge in [0, 0.05) is 14.1 Å². The molecule has 0 spiro atoms. The third-order valence-corrected chi connectivity index (χ3v) is 4.69. The van der Waals surface area contributed by atoms with Crippen LogP contribution in [-0.4, -0.2) is 19.0 Å². The van der Waals surface area contributed by atoms with E-state index in [1.807, 2.05) is 0 Å². The van der Waals surface area contributed by atoms with Crippen molar-refractivity contribution in [2.24, 2.45) is 0 Å². The lowest BCUT2D eigenvalue weighted by Crippen LogP contribution is -2.10. The molecule has 22 heavy (non-hydrogen) atoms. The molecule has 0 aromatic heterocycles. The zero-order chi connectivity index (χ0) is 15.1. The Morgan fingerprint density at radius 2 is 1.64 bits per heavy atom. The number of rotatable bonds is 1. The molecule has 1 aliphatic carbocycles. The highest BCUT2D eigenvalue weighted by Crippen LogP contribution is 2.34. The molecule has 0 atom stereocenters. The Morgan fingerprint density at radius 1 is 0.818 bits per heavy atom. The monoisotopic (exact) mass is 287 g/mol. The molecule has 1 aliphatic rings. The highest BCUT2D eigenvalue weighted by atomic mass is 15.0. The molecule has 0 unspecified atom stereocenters. The van der Waals surface area contributed by atoms with Crippen molar-refractivity contribution in [1.29, 1.82) is 0 Å². The second-order valence-electron chi connectivity index (χ2n) is 6.51. The molecule has 0 radical (unpaired) electrons. The predicted octanol–water partition coefficient (Wildman–Crippen LogP) is 4.93. The van der Waals surface area contributed by atoms with E-state index in [1.54, 1.807) is 0 Å². The third kappa shape index (κ3) is 2.18. The van der Waals surface area contributed by atoms with Crippen LogP contribution in [0.15, 0.2) is 60.3 Å². The van der Waals surface area contributed by atoms with Gasteiger partial charge < -0.3 is 4.90 Å². The van der Waals surface area contributed by atoms with Crippen LogP contribution in [-0.2, 0) is 12.8 Å². The van der Waals surface area contributed by atoms with Crippen LogP contribution in [0.1, 0.15) is 17.5 Å². The summed E-state index contributed by atoms with van der Waals surface area (Å²) in [5.74, 6) is 0. The molecule has 1 nitrogen and oxygen atoms in total. The first-order chi connectivity index (χ1) is 10.7. The van der Waals surface area contributed by atoms with Gasteiger partial charge in [-0.25, -0.2) is 0 Å². The van der Waals surface area contributed by atoms with Crippen LogP contribution in [0.3, 0.4) is 0 Å². The van der Waals surface area contributed by atoms with Crippen molar-refractivity contribution in [2.75, 3.05) is 14.1 Å². The van der Waals surface area contributed by atoms with Gasteiger partial charge in [0.15, 0.2) is 0 Å². The average molecular weight is 287 g/mol. The minimum Gasteiger partial charge on any atom is -0.384 e. The molecule has 0 saturated carbocycles. The van der Waals surface area contributed by atoms with Crippen molar-refractivity contribution in [3.05, 3.63) is 71.4 Å². The van der Waals surface area contributed by atoms with Gasteiger partial charge in [-0.05, 0) is 63.7 Å². The Kier molecular flexibility index (Phi) is 3.15. The van der Waals surface area contributed by atoms with Crippen LogP contribution in [0.2, 0.25) is 0 Å². The summed E-state index contributed by atoms with van der Waals surface area (Å²) in [6, 6.07) is 17.9. The number of hydrogen-bond acceptors (Lipinski definition) is 1. The summed E-state index contributed by atoms with van der Waals surface area (Å²) in [6.45, 7) is 0. The van der Waals surface area contributed by atoms with Crippen LogP contribution < -0.4 is 0 Å². The number of fused-ring (bicyclic) bond motifs is 5. The smallest absolute Gasteiger partial charge is 0.00556 e. The zero-order valence-electron chi connectivity index (χ0n) is 13.3. The largest absolute Gasteiger partial charge is 0.384 e. The van der Waals surface area contributed by atoms with Crippen LogP contribution in [0, 0.1) is 0 Å². The molecule has 4 rings (SSSR count). The van der Waals surface area contributed by atoms with Crippen molar-refractivity contribution in [3.8, 4) is 0 Å². The predicted molar refractivity (Wildman–Crippen MR) is 95.2 cm³/mol. The fourth-order valence-electron chi connectivity index (χ4n) is 3.72. The Labute approximate surface area is 131 Å². The van der Waals surface area contributed by atoms with Gasteiger partial charge in [0.2, 0.25) is 0 Å². The van der Waals surface area contributed by atoms with E-state index in [9.17, 15) is 0 Å². The normalized spacial score (nSPS) is 16.2. The molecule has 0 aliphatic heterocycles. The molecule has 0 fully saturated rings. The molecule has 0 amide bonds. The number of aryl methyl sites for hydroxylation is 1. The molecular weight excluding hydrogens is 266 g/mol. The van der Waals surface area contributed by atoms with E-state index in [0.717, 1.165) is 12.8 Å². The lowest BCUT2D eigenvalue weighted by molar-refractivity contribution is 0.550. The van der Waals surface area contributed by atoms with E-state index < -0.39 is 0 Å². The zero-order valence-corrected chi connectivity index (χ0v) is 13.3. The highest BCUT2D eigenvalue weighted by Gasteiger charge is 2.16. The standard InChI is InChI=1S/C21H21N/c1-22(2)14-15-7-8-17-10-11-19-18-6-4-3-5-16(18)9-12-20(19)21(17)13-15/h3-6,9-12,14H,7-8,13H2,1-2H3/b15-14-. The number of allylic oxidation sites excluding steroid dienone is 1. The van der Waals surface area contributed by atoms with Gasteiger partial charge in [0.1, 0.15) is 0 Å². The first-order valence-corrected chi connectivity index (χ1v) is 8.00. The summed E-state index contributed by atoms with van der Waals surface area (Å²) in [6.07, 6.45) is 5.73. The molecule has 3 aromatic rings. The van der Waals surface area contributed by atoms with Crippen molar-refractivity contribution in [3.63, 3.8) is 0 Å². The molecule has 1 heteroatoms. The third-order valence-electron chi connectivity index (χ3n) is 4.69. The quantitative estimate of drug-likeness (QED) is 0.574. The Bertz CT molecular complexity index is 887. The van der Waals surface area contributed by atoms with Gasteiger partial charge in [-0.1, -0.05) is 48.5 Å². The summed E-state index contributed by atoms with van der Waals surface area (Å²) in [5.41, 5.74) is 4.60. The Balaban J connectivity index is 1.94. The van der Waals surface area contributed by atoms with Crippen molar-refractivity contribution < 1.29 is 0 Å². The van der Waals surface area contributed by atoms with E-state index in [2.05, 4.69) is 73.7 Å². The van der Waals surface area contributed by atoms with Gasteiger partial charge in [0.25, 0.3) is 0 Å². The van der Waals surface area contributed by atoms with Gasteiger partial charge in [-0.2, -0.15) is 0 Å². The lowest BCUT2D eigenvalue weighted by Gasteiger charge is -2.22. The van der Waals surface area contributed by atoms with E-state index in [0.29, 0.717) is 0 Å². The molecule has 0 heterocycles. The maximum Gasteiger partial charge on any atom is 0.00556 e. The minimum absolute atomic E-state index is 1.09. The Hall–Kier alpha value is -2.28. The van der Waals surface area contributed by atoms with Crippen LogP contribution in [0.4, 0.5) is 0 Å². The van der Waals surface area contributed by atoms with Gasteiger partial charge in [0.05, 0.1) is 0 Å². The van der Waals surface area contributed by atoms with E-state index in [4.69, 9.17) is 0 Å². The van der Waals surface area contributed by atoms with Gasteiger partial charge >= 0.3 is 0 Å². The van der Waals surface area contributed by atoms with Crippen molar-refractivity contribution >= 4 is 21.5 Å². The van der Waals surface area contributed by atoms with E-state index in [-0.39, 0.29) is 0 Å². The molecular formula is C21H21N. The van der Waals surface area contributed by atoms with E-state index in [1.165, 1.54) is 44.7 Å². The second-order valence-corrected chi connectivity index (χ2v) is 6.51.